The summed E-state index contributed by atoms with van der Waals surface area (Å²) in [5.41, 5.74) is 0.882. The lowest BCUT2D eigenvalue weighted by atomic mass is 10.5. The van der Waals surface area contributed by atoms with Crippen LogP contribution in [0.5, 0.6) is 11.9 Å². The molecule has 0 saturated carbocycles. The van der Waals surface area contributed by atoms with E-state index in [-0.39, 0.29) is 11.3 Å². The molecule has 0 aliphatic carbocycles. The fourth-order valence-electron chi connectivity index (χ4n) is 1.11. The zero-order valence-electron chi connectivity index (χ0n) is 9.60. The van der Waals surface area contributed by atoms with Crippen LogP contribution < -0.4 is 9.64 Å². The van der Waals surface area contributed by atoms with Gasteiger partial charge in [0, 0.05) is 25.9 Å². The maximum atomic E-state index is 5.77. The van der Waals surface area contributed by atoms with Gasteiger partial charge < -0.3 is 9.64 Å². The van der Waals surface area contributed by atoms with Crippen LogP contribution >= 0.6 is 11.6 Å². The van der Waals surface area contributed by atoms with Crippen LogP contribution in [0.3, 0.4) is 0 Å². The Morgan fingerprint density at radius 3 is 2.65 bits per heavy atom. The van der Waals surface area contributed by atoms with Crippen LogP contribution in [0.4, 0.5) is 5.95 Å². The van der Waals surface area contributed by atoms with Gasteiger partial charge in [0.2, 0.25) is 17.1 Å². The minimum Gasteiger partial charge on any atom is -0.403 e. The van der Waals surface area contributed by atoms with Gasteiger partial charge >= 0.3 is 6.01 Å². The molecule has 0 aliphatic rings. The SMILES string of the molecule is Cc1cc(Oc2nc(Cl)nc(N(C)C)n2)n[nH]1. The summed E-state index contributed by atoms with van der Waals surface area (Å²) in [6, 6.07) is 1.84. The van der Waals surface area contributed by atoms with Gasteiger partial charge in [0.05, 0.1) is 0 Å². The first kappa shape index (κ1) is 11.6. The number of anilines is 1. The van der Waals surface area contributed by atoms with Crippen LogP contribution in [-0.4, -0.2) is 39.2 Å². The predicted octanol–water partition coefficient (Wildman–Crippen LogP) is 1.41. The maximum Gasteiger partial charge on any atom is 0.329 e. The number of halogens is 1. The van der Waals surface area contributed by atoms with E-state index in [1.165, 1.54) is 0 Å². The Hall–Kier alpha value is -1.89. The molecule has 0 atom stereocenters. The largest absolute Gasteiger partial charge is 0.403 e. The lowest BCUT2D eigenvalue weighted by Crippen LogP contribution is -2.13. The molecule has 0 aromatic carbocycles. The number of nitrogens with zero attached hydrogens (tertiary/aromatic N) is 5. The van der Waals surface area contributed by atoms with Crippen molar-refractivity contribution in [3.8, 4) is 11.9 Å². The molecule has 90 valence electrons. The Morgan fingerprint density at radius 2 is 2.06 bits per heavy atom. The van der Waals surface area contributed by atoms with Crippen molar-refractivity contribution in [1.82, 2.24) is 25.1 Å². The molecule has 2 rings (SSSR count). The normalized spacial score (nSPS) is 10.4. The van der Waals surface area contributed by atoms with Crippen molar-refractivity contribution in [1.29, 1.82) is 0 Å². The quantitative estimate of drug-likeness (QED) is 0.892. The summed E-state index contributed by atoms with van der Waals surface area (Å²) in [5.74, 6) is 0.807. The number of aryl methyl sites for hydroxylation is 1. The number of hydrogen-bond donors (Lipinski definition) is 1. The number of H-pyrrole nitrogens is 1. The third-order valence-corrected chi connectivity index (χ3v) is 2.02. The van der Waals surface area contributed by atoms with Gasteiger partial charge in [-0.2, -0.15) is 15.0 Å². The highest BCUT2D eigenvalue weighted by atomic mass is 35.5. The summed E-state index contributed by atoms with van der Waals surface area (Å²) < 4.78 is 5.36. The second-order valence-electron chi connectivity index (χ2n) is 3.57. The highest BCUT2D eigenvalue weighted by Gasteiger charge is 2.09. The number of rotatable bonds is 3. The first-order valence-corrected chi connectivity index (χ1v) is 5.21. The molecule has 0 bridgehead atoms. The first-order valence-electron chi connectivity index (χ1n) is 4.83. The minimum absolute atomic E-state index is 0.0750. The minimum atomic E-state index is 0.0750. The first-order chi connectivity index (χ1) is 8.04. The molecule has 1 N–H and O–H groups in total. The molecule has 0 fully saturated rings. The van der Waals surface area contributed by atoms with Crippen molar-refractivity contribution in [2.45, 2.75) is 6.92 Å². The second-order valence-corrected chi connectivity index (χ2v) is 3.91. The molecule has 0 spiro atoms. The van der Waals surface area contributed by atoms with Gasteiger partial charge in [-0.1, -0.05) is 0 Å². The predicted molar refractivity (Wildman–Crippen MR) is 62.6 cm³/mol. The molecule has 17 heavy (non-hydrogen) atoms. The van der Waals surface area contributed by atoms with Crippen molar-refractivity contribution in [2.24, 2.45) is 0 Å². The van der Waals surface area contributed by atoms with Crippen LogP contribution in [-0.2, 0) is 0 Å². The van der Waals surface area contributed by atoms with Crippen molar-refractivity contribution in [3.63, 3.8) is 0 Å². The fraction of sp³-hybridized carbons (Fsp3) is 0.333. The summed E-state index contributed by atoms with van der Waals surface area (Å²) in [6.45, 7) is 1.87. The molecule has 2 aromatic rings. The van der Waals surface area contributed by atoms with Crippen molar-refractivity contribution >= 4 is 17.5 Å². The summed E-state index contributed by atoms with van der Waals surface area (Å²) in [6.07, 6.45) is 0. The van der Waals surface area contributed by atoms with Gasteiger partial charge in [-0.3, -0.25) is 5.10 Å². The van der Waals surface area contributed by atoms with Crippen molar-refractivity contribution in [3.05, 3.63) is 17.0 Å². The highest BCUT2D eigenvalue weighted by molar-refractivity contribution is 6.28. The van der Waals surface area contributed by atoms with Crippen molar-refractivity contribution < 1.29 is 4.74 Å². The number of ether oxygens (including phenoxy) is 1. The van der Waals surface area contributed by atoms with Gasteiger partial charge in [-0.05, 0) is 18.5 Å². The summed E-state index contributed by atoms with van der Waals surface area (Å²) >= 11 is 5.77. The Balaban J connectivity index is 2.26. The van der Waals surface area contributed by atoms with Crippen LogP contribution in [0, 0.1) is 6.92 Å². The summed E-state index contributed by atoms with van der Waals surface area (Å²) in [4.78, 5) is 13.6. The van der Waals surface area contributed by atoms with E-state index in [0.29, 0.717) is 11.8 Å². The van der Waals surface area contributed by atoms with E-state index in [0.717, 1.165) is 5.69 Å². The van der Waals surface area contributed by atoms with E-state index in [1.807, 2.05) is 6.92 Å². The number of aromatic nitrogens is 5. The molecule has 2 aromatic heterocycles. The highest BCUT2D eigenvalue weighted by Crippen LogP contribution is 2.19. The average Bonchev–Trinajstić information content (AvgIpc) is 2.63. The third kappa shape index (κ3) is 2.82. The molecule has 0 unspecified atom stereocenters. The Labute approximate surface area is 103 Å². The second kappa shape index (κ2) is 4.54. The topological polar surface area (TPSA) is 79.8 Å². The van der Waals surface area contributed by atoms with Crippen LogP contribution in [0.2, 0.25) is 5.28 Å². The monoisotopic (exact) mass is 254 g/mol. The summed E-state index contributed by atoms with van der Waals surface area (Å²) in [5, 5.41) is 6.74. The molecule has 0 aliphatic heterocycles. The van der Waals surface area contributed by atoms with Crippen LogP contribution in [0.15, 0.2) is 6.07 Å². The van der Waals surface area contributed by atoms with Gasteiger partial charge in [-0.15, -0.1) is 5.10 Å². The standard InChI is InChI=1S/C9H11ClN6O/c1-5-4-6(15-14-5)17-9-12-7(10)11-8(13-9)16(2)3/h4H,1-3H3,(H,14,15). The van der Waals surface area contributed by atoms with Crippen molar-refractivity contribution in [2.75, 3.05) is 19.0 Å². The summed E-state index contributed by atoms with van der Waals surface area (Å²) in [7, 11) is 3.60. The number of aromatic amines is 1. The maximum absolute atomic E-state index is 5.77. The van der Waals surface area contributed by atoms with Gasteiger partial charge in [0.25, 0.3) is 0 Å². The lowest BCUT2D eigenvalue weighted by Gasteiger charge is -2.10. The van der Waals surface area contributed by atoms with E-state index in [2.05, 4.69) is 25.1 Å². The van der Waals surface area contributed by atoms with Gasteiger partial charge in [0.1, 0.15) is 0 Å². The molecule has 8 heteroatoms. The van der Waals surface area contributed by atoms with E-state index in [1.54, 1.807) is 25.1 Å². The van der Waals surface area contributed by atoms with E-state index in [4.69, 9.17) is 16.3 Å². The average molecular weight is 255 g/mol. The third-order valence-electron chi connectivity index (χ3n) is 1.85. The van der Waals surface area contributed by atoms with Gasteiger partial charge in [-0.25, -0.2) is 0 Å². The lowest BCUT2D eigenvalue weighted by molar-refractivity contribution is 0.422. The smallest absolute Gasteiger partial charge is 0.329 e. The van der Waals surface area contributed by atoms with Crippen LogP contribution in [0.25, 0.3) is 0 Å². The molecule has 2 heterocycles. The number of hydrogen-bond acceptors (Lipinski definition) is 6. The Bertz CT molecular complexity index is 526. The Morgan fingerprint density at radius 1 is 1.29 bits per heavy atom. The molecule has 0 amide bonds. The molecule has 0 radical (unpaired) electrons. The number of nitrogens with one attached hydrogen (secondary N) is 1. The van der Waals surface area contributed by atoms with Crippen LogP contribution in [0.1, 0.15) is 5.69 Å². The zero-order chi connectivity index (χ0) is 12.4. The molecule has 0 saturated heterocycles. The molecule has 7 nitrogen and oxygen atoms in total. The fourth-order valence-corrected chi connectivity index (χ4v) is 1.25. The molecular weight excluding hydrogens is 244 g/mol. The van der Waals surface area contributed by atoms with E-state index >= 15 is 0 Å². The van der Waals surface area contributed by atoms with Gasteiger partial charge in [0.15, 0.2) is 0 Å². The molecular formula is C9H11ClN6O. The Kier molecular flexibility index (Phi) is 3.10. The van der Waals surface area contributed by atoms with E-state index < -0.39 is 0 Å². The zero-order valence-corrected chi connectivity index (χ0v) is 10.4. The van der Waals surface area contributed by atoms with E-state index in [9.17, 15) is 0 Å².